The number of ether oxygens (including phenoxy) is 1. The molecular weight excluding hydrogens is 389 g/mol. The number of alkyl halides is 3. The van der Waals surface area contributed by atoms with Gasteiger partial charge in [-0.3, -0.25) is 0 Å². The van der Waals surface area contributed by atoms with Crippen LogP contribution in [0, 0.1) is 4.77 Å². The topological polar surface area (TPSA) is 75.4 Å². The number of H-pyrrole nitrogens is 1. The summed E-state index contributed by atoms with van der Waals surface area (Å²) in [7, 11) is 1.34. The van der Waals surface area contributed by atoms with Crippen LogP contribution in [-0.2, 0) is 6.18 Å². The van der Waals surface area contributed by atoms with E-state index in [0.717, 1.165) is 6.21 Å². The van der Waals surface area contributed by atoms with Crippen molar-refractivity contribution in [3.63, 3.8) is 0 Å². The van der Waals surface area contributed by atoms with Crippen LogP contribution in [0.15, 0.2) is 21.7 Å². The Hall–Kier alpha value is -1.88. The van der Waals surface area contributed by atoms with Crippen molar-refractivity contribution in [1.29, 1.82) is 0 Å². The van der Waals surface area contributed by atoms with Gasteiger partial charge in [-0.1, -0.05) is 0 Å². The first-order valence-electron chi connectivity index (χ1n) is 5.59. The number of phenolic OH excluding ortho intramolecular Hbond substituents is 1. The number of phenols is 1. The van der Waals surface area contributed by atoms with Crippen molar-refractivity contribution in [3.8, 4) is 11.5 Å². The van der Waals surface area contributed by atoms with Gasteiger partial charge in [0, 0.05) is 0 Å². The molecule has 22 heavy (non-hydrogen) atoms. The van der Waals surface area contributed by atoms with E-state index in [1.807, 2.05) is 5.10 Å². The van der Waals surface area contributed by atoms with Gasteiger partial charge in [0.25, 0.3) is 5.82 Å². The van der Waals surface area contributed by atoms with Crippen LogP contribution in [0.3, 0.4) is 0 Å². The molecule has 0 aliphatic rings. The summed E-state index contributed by atoms with van der Waals surface area (Å²) in [4.78, 5) is 0. The summed E-state index contributed by atoms with van der Waals surface area (Å²) in [6.45, 7) is 0. The molecule has 11 heteroatoms. The number of aromatic hydroxyl groups is 1. The molecule has 6 nitrogen and oxygen atoms in total. The van der Waals surface area contributed by atoms with E-state index in [4.69, 9.17) is 17.0 Å². The zero-order chi connectivity index (χ0) is 16.5. The fourth-order valence-electron chi connectivity index (χ4n) is 1.53. The minimum atomic E-state index is -4.70. The first-order valence-corrected chi connectivity index (χ1v) is 6.79. The van der Waals surface area contributed by atoms with E-state index in [1.165, 1.54) is 19.2 Å². The fourth-order valence-corrected chi connectivity index (χ4v) is 2.17. The van der Waals surface area contributed by atoms with Crippen LogP contribution < -0.4 is 4.74 Å². The Bertz CT molecular complexity index is 785. The highest BCUT2D eigenvalue weighted by Crippen LogP contribution is 2.34. The molecule has 2 aromatic rings. The molecular formula is C11H8BrF3N4O2S. The molecule has 0 aliphatic heterocycles. The fraction of sp³-hybridized carbons (Fsp3) is 0.182. The summed E-state index contributed by atoms with van der Waals surface area (Å²) in [6.07, 6.45) is -3.56. The zero-order valence-corrected chi connectivity index (χ0v) is 13.3. The van der Waals surface area contributed by atoms with Gasteiger partial charge in [0.15, 0.2) is 11.5 Å². The number of halogens is 4. The Kier molecular flexibility index (Phi) is 4.56. The van der Waals surface area contributed by atoms with Gasteiger partial charge in [-0.05, 0) is 45.8 Å². The SMILES string of the molecule is COc1cc(/C=N\n2c(C(F)(F)F)n[nH]c2=S)cc(Br)c1O. The average molecular weight is 397 g/mol. The van der Waals surface area contributed by atoms with Gasteiger partial charge in [-0.25, -0.2) is 5.10 Å². The average Bonchev–Trinajstić information content (AvgIpc) is 2.81. The van der Waals surface area contributed by atoms with Gasteiger partial charge < -0.3 is 9.84 Å². The molecule has 0 unspecified atom stereocenters. The monoisotopic (exact) mass is 396 g/mol. The summed E-state index contributed by atoms with van der Waals surface area (Å²) < 4.78 is 43.6. The van der Waals surface area contributed by atoms with Gasteiger partial charge in [0.05, 0.1) is 17.8 Å². The molecule has 118 valence electrons. The van der Waals surface area contributed by atoms with Gasteiger partial charge in [-0.15, -0.1) is 5.10 Å². The Morgan fingerprint density at radius 2 is 2.18 bits per heavy atom. The van der Waals surface area contributed by atoms with Crippen molar-refractivity contribution in [3.05, 3.63) is 32.8 Å². The summed E-state index contributed by atoms with van der Waals surface area (Å²) in [5, 5.41) is 18.5. The van der Waals surface area contributed by atoms with Crippen molar-refractivity contribution < 1.29 is 23.0 Å². The molecule has 0 radical (unpaired) electrons. The first-order chi connectivity index (χ1) is 10.2. The predicted octanol–water partition coefficient (Wildman–Crippen LogP) is 3.32. The van der Waals surface area contributed by atoms with Crippen LogP contribution in [0.5, 0.6) is 11.5 Å². The number of hydrogen-bond acceptors (Lipinski definition) is 5. The number of nitrogens with zero attached hydrogens (tertiary/aromatic N) is 3. The molecule has 0 aliphatic carbocycles. The zero-order valence-electron chi connectivity index (χ0n) is 10.8. The summed E-state index contributed by atoms with van der Waals surface area (Å²) in [6, 6.07) is 2.86. The second kappa shape index (κ2) is 6.08. The van der Waals surface area contributed by atoms with E-state index in [0.29, 0.717) is 14.7 Å². The second-order valence-corrected chi connectivity index (χ2v) is 5.20. The molecule has 0 amide bonds. The second-order valence-electron chi connectivity index (χ2n) is 3.96. The molecule has 0 saturated heterocycles. The molecule has 0 fully saturated rings. The third-order valence-electron chi connectivity index (χ3n) is 2.50. The number of aromatic amines is 1. The van der Waals surface area contributed by atoms with Crippen LogP contribution in [0.1, 0.15) is 11.4 Å². The Morgan fingerprint density at radius 1 is 1.50 bits per heavy atom. The van der Waals surface area contributed by atoms with E-state index in [1.54, 1.807) is 0 Å². The summed E-state index contributed by atoms with van der Waals surface area (Å²) in [5.74, 6) is -1.25. The van der Waals surface area contributed by atoms with Crippen molar-refractivity contribution >= 4 is 34.4 Å². The quantitative estimate of drug-likeness (QED) is 0.616. The van der Waals surface area contributed by atoms with Crippen molar-refractivity contribution in [2.75, 3.05) is 7.11 Å². The lowest BCUT2D eigenvalue weighted by atomic mass is 10.2. The first kappa shape index (κ1) is 16.5. The molecule has 2 rings (SSSR count). The Balaban J connectivity index is 2.44. The molecule has 0 saturated carbocycles. The third kappa shape index (κ3) is 3.30. The maximum atomic E-state index is 12.7. The molecule has 2 N–H and O–H groups in total. The molecule has 1 aromatic heterocycles. The Labute approximate surface area is 135 Å². The van der Waals surface area contributed by atoms with Crippen LogP contribution in [0.2, 0.25) is 0 Å². The highest BCUT2D eigenvalue weighted by molar-refractivity contribution is 9.10. The maximum Gasteiger partial charge on any atom is 0.453 e. The number of rotatable bonds is 3. The highest BCUT2D eigenvalue weighted by atomic mass is 79.9. The molecule has 1 aromatic carbocycles. The molecule has 0 atom stereocenters. The van der Waals surface area contributed by atoms with Gasteiger partial charge >= 0.3 is 6.18 Å². The molecule has 1 heterocycles. The number of hydrogen-bond donors (Lipinski definition) is 2. The predicted molar refractivity (Wildman–Crippen MR) is 77.8 cm³/mol. The Morgan fingerprint density at radius 3 is 2.77 bits per heavy atom. The number of benzene rings is 1. The van der Waals surface area contributed by atoms with E-state index < -0.39 is 12.0 Å². The third-order valence-corrected chi connectivity index (χ3v) is 3.37. The minimum absolute atomic E-state index is 0.129. The normalized spacial score (nSPS) is 12.0. The number of methoxy groups -OCH3 is 1. The standard InChI is InChI=1S/C11H8BrF3N4O2S/c1-21-7-3-5(2-6(12)8(7)20)4-16-19-9(11(13,14)15)17-18-10(19)22/h2-4,20H,1H3,(H,18,22)/b16-4-. The van der Waals surface area contributed by atoms with E-state index in [-0.39, 0.29) is 16.3 Å². The smallest absolute Gasteiger partial charge is 0.453 e. The van der Waals surface area contributed by atoms with Gasteiger partial charge in [-0.2, -0.15) is 22.9 Å². The van der Waals surface area contributed by atoms with Crippen LogP contribution in [-0.4, -0.2) is 33.3 Å². The number of nitrogens with one attached hydrogen (secondary N) is 1. The maximum absolute atomic E-state index is 12.7. The lowest BCUT2D eigenvalue weighted by molar-refractivity contribution is -0.147. The largest absolute Gasteiger partial charge is 0.503 e. The van der Waals surface area contributed by atoms with Crippen LogP contribution in [0.25, 0.3) is 0 Å². The summed E-state index contributed by atoms with van der Waals surface area (Å²) >= 11 is 7.81. The van der Waals surface area contributed by atoms with Crippen molar-refractivity contribution in [2.45, 2.75) is 6.18 Å². The molecule has 0 spiro atoms. The van der Waals surface area contributed by atoms with Crippen molar-refractivity contribution in [1.82, 2.24) is 14.9 Å². The minimum Gasteiger partial charge on any atom is -0.503 e. The highest BCUT2D eigenvalue weighted by Gasteiger charge is 2.37. The van der Waals surface area contributed by atoms with Crippen molar-refractivity contribution in [2.24, 2.45) is 5.10 Å². The van der Waals surface area contributed by atoms with E-state index in [9.17, 15) is 18.3 Å². The van der Waals surface area contributed by atoms with E-state index >= 15 is 0 Å². The summed E-state index contributed by atoms with van der Waals surface area (Å²) in [5.41, 5.74) is 0.387. The lowest BCUT2D eigenvalue weighted by Gasteiger charge is -2.07. The van der Waals surface area contributed by atoms with Gasteiger partial charge in [0.2, 0.25) is 4.77 Å². The van der Waals surface area contributed by atoms with Gasteiger partial charge in [0.1, 0.15) is 0 Å². The molecule has 0 bridgehead atoms. The lowest BCUT2D eigenvalue weighted by Crippen LogP contribution is -2.12. The van der Waals surface area contributed by atoms with Crippen LogP contribution in [0.4, 0.5) is 13.2 Å². The van der Waals surface area contributed by atoms with E-state index in [2.05, 4.69) is 26.1 Å². The number of aromatic nitrogens is 3. The van der Waals surface area contributed by atoms with Crippen LogP contribution >= 0.6 is 28.1 Å².